The van der Waals surface area contributed by atoms with Crippen LogP contribution in [0.4, 0.5) is 5.69 Å². The first-order chi connectivity index (χ1) is 7.15. The Kier molecular flexibility index (Phi) is 3.00. The van der Waals surface area contributed by atoms with Gasteiger partial charge < -0.3 is 5.32 Å². The molecule has 1 heterocycles. The van der Waals surface area contributed by atoms with E-state index < -0.39 is 0 Å². The van der Waals surface area contributed by atoms with E-state index in [1.165, 1.54) is 11.1 Å². The van der Waals surface area contributed by atoms with Crippen LogP contribution < -0.4 is 5.32 Å². The third-order valence-corrected chi connectivity index (χ3v) is 3.57. The van der Waals surface area contributed by atoms with Crippen molar-refractivity contribution in [1.29, 1.82) is 0 Å². The third-order valence-electron chi connectivity index (χ3n) is 2.56. The molecule has 0 bridgehead atoms. The molecule has 1 aliphatic heterocycles. The standard InChI is InChI=1S/C12H16N2S/c1-8-4-5-11(6-9(8)2)14-12-13-7-10(3)15-12/h4-6,10H,7H2,1-3H3,(H,13,14). The van der Waals surface area contributed by atoms with Gasteiger partial charge in [0.05, 0.1) is 6.54 Å². The Labute approximate surface area is 95.2 Å². The molecule has 1 atom stereocenters. The molecule has 1 unspecified atom stereocenters. The van der Waals surface area contributed by atoms with E-state index in [1.54, 1.807) is 0 Å². The molecule has 80 valence electrons. The first kappa shape index (κ1) is 10.6. The van der Waals surface area contributed by atoms with E-state index in [9.17, 15) is 0 Å². The number of amidine groups is 1. The second kappa shape index (κ2) is 4.27. The molecule has 0 fully saturated rings. The van der Waals surface area contributed by atoms with E-state index in [2.05, 4.69) is 49.3 Å². The van der Waals surface area contributed by atoms with Gasteiger partial charge in [0.2, 0.25) is 0 Å². The molecule has 0 spiro atoms. The topological polar surface area (TPSA) is 24.4 Å². The smallest absolute Gasteiger partial charge is 0.161 e. The number of nitrogens with zero attached hydrogens (tertiary/aromatic N) is 1. The van der Waals surface area contributed by atoms with Crippen LogP contribution in [-0.2, 0) is 0 Å². The van der Waals surface area contributed by atoms with Crippen molar-refractivity contribution in [3.8, 4) is 0 Å². The SMILES string of the molecule is Cc1ccc(NC2=NCC(C)S2)cc1C. The molecule has 15 heavy (non-hydrogen) atoms. The molecule has 0 amide bonds. The van der Waals surface area contributed by atoms with Gasteiger partial charge in [0.15, 0.2) is 5.17 Å². The molecule has 1 aromatic rings. The second-order valence-electron chi connectivity index (χ2n) is 4.00. The van der Waals surface area contributed by atoms with Gasteiger partial charge in [-0.2, -0.15) is 0 Å². The Hall–Kier alpha value is -0.960. The molecular weight excluding hydrogens is 204 g/mol. The zero-order chi connectivity index (χ0) is 10.8. The normalized spacial score (nSPS) is 20.2. The maximum atomic E-state index is 4.43. The quantitative estimate of drug-likeness (QED) is 0.786. The molecule has 0 saturated heterocycles. The van der Waals surface area contributed by atoms with Gasteiger partial charge in [-0.15, -0.1) is 0 Å². The van der Waals surface area contributed by atoms with E-state index >= 15 is 0 Å². The van der Waals surface area contributed by atoms with Crippen LogP contribution in [0, 0.1) is 13.8 Å². The summed E-state index contributed by atoms with van der Waals surface area (Å²) in [4.78, 5) is 4.43. The Bertz CT molecular complexity index is 399. The predicted molar refractivity (Wildman–Crippen MR) is 68.9 cm³/mol. The Balaban J connectivity index is 2.08. The molecule has 1 N–H and O–H groups in total. The molecule has 0 aliphatic carbocycles. The van der Waals surface area contributed by atoms with E-state index in [0.29, 0.717) is 5.25 Å². The molecule has 3 heteroatoms. The van der Waals surface area contributed by atoms with Gasteiger partial charge in [0.1, 0.15) is 0 Å². The summed E-state index contributed by atoms with van der Waals surface area (Å²) in [7, 11) is 0. The fourth-order valence-corrected chi connectivity index (χ4v) is 2.34. The average Bonchev–Trinajstić information content (AvgIpc) is 2.58. The lowest BCUT2D eigenvalue weighted by Crippen LogP contribution is -2.06. The number of anilines is 1. The molecule has 0 radical (unpaired) electrons. The fraction of sp³-hybridized carbons (Fsp3) is 0.417. The van der Waals surface area contributed by atoms with Crippen LogP contribution in [-0.4, -0.2) is 17.0 Å². The van der Waals surface area contributed by atoms with Crippen LogP contribution in [0.15, 0.2) is 23.2 Å². The van der Waals surface area contributed by atoms with Crippen LogP contribution in [0.2, 0.25) is 0 Å². The Morgan fingerprint density at radius 2 is 2.13 bits per heavy atom. The maximum Gasteiger partial charge on any atom is 0.161 e. The minimum atomic E-state index is 0.610. The molecule has 0 aromatic heterocycles. The van der Waals surface area contributed by atoms with E-state index in [-0.39, 0.29) is 0 Å². The number of hydrogen-bond donors (Lipinski definition) is 1. The summed E-state index contributed by atoms with van der Waals surface area (Å²) in [5.41, 5.74) is 3.78. The lowest BCUT2D eigenvalue weighted by Gasteiger charge is -2.08. The second-order valence-corrected chi connectivity index (χ2v) is 5.43. The van der Waals surface area contributed by atoms with Crippen LogP contribution in [0.5, 0.6) is 0 Å². The minimum Gasteiger partial charge on any atom is -0.335 e. The molecule has 2 rings (SSSR count). The first-order valence-corrected chi connectivity index (χ1v) is 6.08. The van der Waals surface area contributed by atoms with Crippen molar-refractivity contribution < 1.29 is 0 Å². The van der Waals surface area contributed by atoms with Gasteiger partial charge in [0.25, 0.3) is 0 Å². The number of rotatable bonds is 1. The van der Waals surface area contributed by atoms with Crippen molar-refractivity contribution in [3.63, 3.8) is 0 Å². The van der Waals surface area contributed by atoms with Gasteiger partial charge in [-0.1, -0.05) is 24.8 Å². The highest BCUT2D eigenvalue weighted by molar-refractivity contribution is 8.15. The first-order valence-electron chi connectivity index (χ1n) is 5.20. The van der Waals surface area contributed by atoms with E-state index in [1.807, 2.05) is 11.8 Å². The van der Waals surface area contributed by atoms with Crippen LogP contribution in [0.1, 0.15) is 18.1 Å². The number of aryl methyl sites for hydroxylation is 2. The van der Waals surface area contributed by atoms with Gasteiger partial charge in [-0.05, 0) is 37.1 Å². The largest absolute Gasteiger partial charge is 0.335 e. The summed E-state index contributed by atoms with van der Waals surface area (Å²) in [6.45, 7) is 7.39. The summed E-state index contributed by atoms with van der Waals surface area (Å²) in [5, 5.41) is 5.01. The van der Waals surface area contributed by atoms with Crippen molar-refractivity contribution in [2.45, 2.75) is 26.0 Å². The Morgan fingerprint density at radius 3 is 2.73 bits per heavy atom. The predicted octanol–water partition coefficient (Wildman–Crippen LogP) is 3.21. The fourth-order valence-electron chi connectivity index (χ4n) is 1.49. The summed E-state index contributed by atoms with van der Waals surface area (Å²) >= 11 is 1.81. The lowest BCUT2D eigenvalue weighted by atomic mass is 10.1. The number of benzene rings is 1. The highest BCUT2D eigenvalue weighted by Crippen LogP contribution is 2.22. The zero-order valence-electron chi connectivity index (χ0n) is 9.37. The molecule has 1 aliphatic rings. The highest BCUT2D eigenvalue weighted by atomic mass is 32.2. The summed E-state index contributed by atoms with van der Waals surface area (Å²) in [6.07, 6.45) is 0. The number of hydrogen-bond acceptors (Lipinski definition) is 3. The molecule has 2 nitrogen and oxygen atoms in total. The zero-order valence-corrected chi connectivity index (χ0v) is 10.2. The Morgan fingerprint density at radius 1 is 1.33 bits per heavy atom. The van der Waals surface area contributed by atoms with Crippen molar-refractivity contribution >= 4 is 22.6 Å². The molecule has 0 saturated carbocycles. The van der Waals surface area contributed by atoms with Crippen LogP contribution >= 0.6 is 11.8 Å². The summed E-state index contributed by atoms with van der Waals surface area (Å²) < 4.78 is 0. The van der Waals surface area contributed by atoms with Crippen molar-refractivity contribution in [2.75, 3.05) is 11.9 Å². The average molecular weight is 220 g/mol. The van der Waals surface area contributed by atoms with Gasteiger partial charge >= 0.3 is 0 Å². The van der Waals surface area contributed by atoms with Gasteiger partial charge in [-0.3, -0.25) is 4.99 Å². The van der Waals surface area contributed by atoms with E-state index in [4.69, 9.17) is 0 Å². The summed E-state index contributed by atoms with van der Waals surface area (Å²) in [6, 6.07) is 6.41. The van der Waals surface area contributed by atoms with Crippen molar-refractivity contribution in [1.82, 2.24) is 0 Å². The monoisotopic (exact) mass is 220 g/mol. The summed E-state index contributed by atoms with van der Waals surface area (Å²) in [5.74, 6) is 0. The van der Waals surface area contributed by atoms with Crippen LogP contribution in [0.3, 0.4) is 0 Å². The lowest BCUT2D eigenvalue weighted by molar-refractivity contribution is 0.976. The van der Waals surface area contributed by atoms with Crippen molar-refractivity contribution in [2.24, 2.45) is 4.99 Å². The minimum absolute atomic E-state index is 0.610. The third kappa shape index (κ3) is 2.53. The van der Waals surface area contributed by atoms with E-state index in [0.717, 1.165) is 17.4 Å². The molecule has 1 aromatic carbocycles. The number of thioether (sulfide) groups is 1. The molecular formula is C12H16N2S. The van der Waals surface area contributed by atoms with Crippen molar-refractivity contribution in [3.05, 3.63) is 29.3 Å². The van der Waals surface area contributed by atoms with Crippen LogP contribution in [0.25, 0.3) is 0 Å². The van der Waals surface area contributed by atoms with Gasteiger partial charge in [0, 0.05) is 10.9 Å². The number of nitrogens with one attached hydrogen (secondary N) is 1. The maximum absolute atomic E-state index is 4.43. The van der Waals surface area contributed by atoms with Gasteiger partial charge in [-0.25, -0.2) is 0 Å². The highest BCUT2D eigenvalue weighted by Gasteiger charge is 2.14. The number of aliphatic imine (C=N–C) groups is 1.